The Morgan fingerprint density at radius 3 is 2.30 bits per heavy atom. The maximum absolute atomic E-state index is 13.3. The van der Waals surface area contributed by atoms with Gasteiger partial charge >= 0.3 is 6.18 Å². The largest absolute Gasteiger partial charge is 0.419 e. The van der Waals surface area contributed by atoms with Gasteiger partial charge in [0.15, 0.2) is 0 Å². The highest BCUT2D eigenvalue weighted by Gasteiger charge is 2.33. The molecular formula is C15H19F4N. The lowest BCUT2D eigenvalue weighted by Gasteiger charge is -2.19. The molecule has 0 aliphatic carbocycles. The van der Waals surface area contributed by atoms with Gasteiger partial charge in [0.1, 0.15) is 5.82 Å². The molecule has 0 amide bonds. The van der Waals surface area contributed by atoms with Crippen LogP contribution in [0.15, 0.2) is 24.3 Å². The van der Waals surface area contributed by atoms with Gasteiger partial charge in [0, 0.05) is 5.54 Å². The summed E-state index contributed by atoms with van der Waals surface area (Å²) >= 11 is 0. The molecule has 112 valence electrons. The Bertz CT molecular complexity index is 470. The Kier molecular flexibility index (Phi) is 5.34. The number of hydrogen-bond acceptors (Lipinski definition) is 1. The van der Waals surface area contributed by atoms with Crippen molar-refractivity contribution in [3.05, 3.63) is 41.2 Å². The monoisotopic (exact) mass is 289 g/mol. The molecule has 0 spiro atoms. The fraction of sp³-hybridized carbons (Fsp3) is 0.467. The van der Waals surface area contributed by atoms with E-state index in [0.29, 0.717) is 5.56 Å². The molecular weight excluding hydrogens is 270 g/mol. The predicted molar refractivity (Wildman–Crippen MR) is 72.8 cm³/mol. The molecule has 0 heterocycles. The molecule has 0 bridgehead atoms. The zero-order chi connectivity index (χ0) is 15.4. The number of rotatable bonds is 4. The van der Waals surface area contributed by atoms with Crippen LogP contribution in [0.25, 0.3) is 6.08 Å². The second kappa shape index (κ2) is 6.39. The minimum atomic E-state index is -4.65. The second-order valence-corrected chi connectivity index (χ2v) is 5.60. The lowest BCUT2D eigenvalue weighted by molar-refractivity contribution is -0.140. The molecule has 0 saturated heterocycles. The third kappa shape index (κ3) is 5.74. The molecule has 20 heavy (non-hydrogen) atoms. The predicted octanol–water partition coefficient (Wildman–Crippen LogP) is 4.64. The lowest BCUT2D eigenvalue weighted by atomic mass is 10.1. The average Bonchev–Trinajstić information content (AvgIpc) is 2.25. The van der Waals surface area contributed by atoms with E-state index in [2.05, 4.69) is 5.32 Å². The maximum atomic E-state index is 13.3. The van der Waals surface area contributed by atoms with E-state index in [-0.39, 0.29) is 5.54 Å². The van der Waals surface area contributed by atoms with Gasteiger partial charge in [-0.2, -0.15) is 13.2 Å². The molecule has 5 heteroatoms. The first-order valence-corrected chi connectivity index (χ1v) is 6.38. The molecule has 0 radical (unpaired) electrons. The third-order valence-electron chi connectivity index (χ3n) is 2.58. The van der Waals surface area contributed by atoms with Crippen molar-refractivity contribution in [1.82, 2.24) is 5.32 Å². The zero-order valence-electron chi connectivity index (χ0n) is 11.8. The van der Waals surface area contributed by atoms with Crippen molar-refractivity contribution < 1.29 is 17.6 Å². The van der Waals surface area contributed by atoms with Gasteiger partial charge in [0.2, 0.25) is 0 Å². The van der Waals surface area contributed by atoms with Crippen LogP contribution >= 0.6 is 0 Å². The Labute approximate surface area is 116 Å². The molecule has 1 aromatic rings. The quantitative estimate of drug-likeness (QED) is 0.629. The normalized spacial score (nSPS) is 13.2. The van der Waals surface area contributed by atoms with Crippen LogP contribution in [0.2, 0.25) is 0 Å². The van der Waals surface area contributed by atoms with Crippen LogP contribution < -0.4 is 5.32 Å². The number of halogens is 4. The lowest BCUT2D eigenvalue weighted by Crippen LogP contribution is -2.36. The van der Waals surface area contributed by atoms with Crippen molar-refractivity contribution >= 4 is 6.08 Å². The first-order chi connectivity index (χ1) is 9.09. The van der Waals surface area contributed by atoms with Gasteiger partial charge in [-0.05, 0) is 51.4 Å². The maximum Gasteiger partial charge on any atom is 0.419 e. The number of hydrogen-bond donors (Lipinski definition) is 1. The van der Waals surface area contributed by atoms with E-state index in [9.17, 15) is 17.6 Å². The molecule has 1 aromatic carbocycles. The first-order valence-electron chi connectivity index (χ1n) is 6.38. The summed E-state index contributed by atoms with van der Waals surface area (Å²) in [6.45, 7) is 6.88. The zero-order valence-corrected chi connectivity index (χ0v) is 11.8. The van der Waals surface area contributed by atoms with Gasteiger partial charge in [-0.1, -0.05) is 18.2 Å². The molecule has 1 nitrogen and oxygen atoms in total. The molecule has 1 rings (SSSR count). The molecule has 0 aliphatic heterocycles. The van der Waals surface area contributed by atoms with Crippen LogP contribution in [0.3, 0.4) is 0 Å². The van der Waals surface area contributed by atoms with E-state index < -0.39 is 17.6 Å². The van der Waals surface area contributed by atoms with Crippen molar-refractivity contribution in [2.45, 2.75) is 38.9 Å². The van der Waals surface area contributed by atoms with Crippen molar-refractivity contribution in [3.8, 4) is 0 Å². The van der Waals surface area contributed by atoms with Crippen molar-refractivity contribution in [1.29, 1.82) is 0 Å². The summed E-state index contributed by atoms with van der Waals surface area (Å²) in [6.07, 6.45) is -0.503. The van der Waals surface area contributed by atoms with Gasteiger partial charge in [-0.15, -0.1) is 0 Å². The molecule has 0 unspecified atom stereocenters. The van der Waals surface area contributed by atoms with Crippen LogP contribution in [0.5, 0.6) is 0 Å². The standard InChI is InChI=1S/C15H19F4N/c1-14(2,3)20-9-5-4-6-11-7-8-12(13(16)10-11)15(17,18)19/h4,6-8,10,20H,5,9H2,1-3H3/b6-4+. The number of alkyl halides is 3. The minimum Gasteiger partial charge on any atom is -0.312 e. The van der Waals surface area contributed by atoms with Crippen LogP contribution in [-0.2, 0) is 6.18 Å². The number of benzene rings is 1. The SMILES string of the molecule is CC(C)(C)NCC/C=C/c1ccc(C(F)(F)F)c(F)c1. The van der Waals surface area contributed by atoms with Crippen LogP contribution in [0.4, 0.5) is 17.6 Å². The van der Waals surface area contributed by atoms with Gasteiger partial charge in [-0.3, -0.25) is 0 Å². The molecule has 1 N–H and O–H groups in total. The van der Waals surface area contributed by atoms with Crippen LogP contribution in [-0.4, -0.2) is 12.1 Å². The topological polar surface area (TPSA) is 12.0 Å². The second-order valence-electron chi connectivity index (χ2n) is 5.60. The summed E-state index contributed by atoms with van der Waals surface area (Å²) < 4.78 is 50.4. The van der Waals surface area contributed by atoms with Gasteiger partial charge in [-0.25, -0.2) is 4.39 Å². The highest BCUT2D eigenvalue weighted by atomic mass is 19.4. The Morgan fingerprint density at radius 2 is 1.80 bits per heavy atom. The van der Waals surface area contributed by atoms with E-state index in [1.165, 1.54) is 6.07 Å². The van der Waals surface area contributed by atoms with Crippen molar-refractivity contribution in [3.63, 3.8) is 0 Å². The van der Waals surface area contributed by atoms with E-state index >= 15 is 0 Å². The molecule has 0 fully saturated rings. The van der Waals surface area contributed by atoms with Gasteiger partial charge < -0.3 is 5.32 Å². The summed E-state index contributed by atoms with van der Waals surface area (Å²) in [5.41, 5.74) is -0.788. The highest BCUT2D eigenvalue weighted by Crippen LogP contribution is 2.31. The Balaban J connectivity index is 2.60. The average molecular weight is 289 g/mol. The molecule has 0 saturated carbocycles. The fourth-order valence-electron chi connectivity index (χ4n) is 1.61. The fourth-order valence-corrected chi connectivity index (χ4v) is 1.61. The van der Waals surface area contributed by atoms with E-state index in [1.807, 2.05) is 20.8 Å². The molecule has 0 aliphatic rings. The summed E-state index contributed by atoms with van der Waals surface area (Å²) in [6, 6.07) is 2.93. The summed E-state index contributed by atoms with van der Waals surface area (Å²) in [7, 11) is 0. The third-order valence-corrected chi connectivity index (χ3v) is 2.58. The molecule has 0 atom stereocenters. The van der Waals surface area contributed by atoms with E-state index in [4.69, 9.17) is 0 Å². The van der Waals surface area contributed by atoms with Crippen LogP contribution in [0, 0.1) is 5.82 Å². The Hall–Kier alpha value is -1.36. The summed E-state index contributed by atoms with van der Waals surface area (Å²) in [5, 5.41) is 3.27. The number of nitrogens with one attached hydrogen (secondary N) is 1. The first kappa shape index (κ1) is 16.7. The van der Waals surface area contributed by atoms with E-state index in [0.717, 1.165) is 25.1 Å². The van der Waals surface area contributed by atoms with Gasteiger partial charge in [0.05, 0.1) is 5.56 Å². The summed E-state index contributed by atoms with van der Waals surface area (Å²) in [4.78, 5) is 0. The smallest absolute Gasteiger partial charge is 0.312 e. The van der Waals surface area contributed by atoms with Gasteiger partial charge in [0.25, 0.3) is 0 Å². The van der Waals surface area contributed by atoms with Crippen molar-refractivity contribution in [2.24, 2.45) is 0 Å². The minimum absolute atomic E-state index is 0.0221. The van der Waals surface area contributed by atoms with Crippen molar-refractivity contribution in [2.75, 3.05) is 6.54 Å². The highest BCUT2D eigenvalue weighted by molar-refractivity contribution is 5.50. The van der Waals surface area contributed by atoms with E-state index in [1.54, 1.807) is 12.2 Å². The summed E-state index contributed by atoms with van der Waals surface area (Å²) in [5.74, 6) is -1.24. The van der Waals surface area contributed by atoms with Crippen LogP contribution in [0.1, 0.15) is 38.3 Å². The Morgan fingerprint density at radius 1 is 1.15 bits per heavy atom. The molecule has 0 aromatic heterocycles.